The molecule has 1 aliphatic rings. The van der Waals surface area contributed by atoms with Gasteiger partial charge < -0.3 is 9.88 Å². The van der Waals surface area contributed by atoms with Gasteiger partial charge >= 0.3 is 0 Å². The summed E-state index contributed by atoms with van der Waals surface area (Å²) in [5.41, 5.74) is 0.953. The zero-order chi connectivity index (χ0) is 16.4. The summed E-state index contributed by atoms with van der Waals surface area (Å²) in [5, 5.41) is 0. The number of halogens is 2. The van der Waals surface area contributed by atoms with Crippen LogP contribution in [-0.2, 0) is 0 Å². The van der Waals surface area contributed by atoms with Crippen molar-refractivity contribution in [1.29, 1.82) is 0 Å². The van der Waals surface area contributed by atoms with Gasteiger partial charge in [-0.25, -0.2) is 8.78 Å². The van der Waals surface area contributed by atoms with Gasteiger partial charge in [-0.3, -0.25) is 9.59 Å². The standard InChI is InChI=1S/C17H16F2N2O2/c18-14-3-1-12(9-15(14)19)11-5-7-21(8-6-11)17(23)13-2-4-16(22)20-10-13/h1-4,9-11H,5-8H2,(H,20,22). The monoisotopic (exact) mass is 318 g/mol. The Labute approximate surface area is 131 Å². The number of H-pyrrole nitrogens is 1. The molecule has 4 nitrogen and oxygen atoms in total. The lowest BCUT2D eigenvalue weighted by Crippen LogP contribution is -2.38. The van der Waals surface area contributed by atoms with Crippen molar-refractivity contribution in [2.75, 3.05) is 13.1 Å². The molecule has 0 spiro atoms. The van der Waals surface area contributed by atoms with Crippen molar-refractivity contribution in [3.8, 4) is 0 Å². The summed E-state index contributed by atoms with van der Waals surface area (Å²) in [5.74, 6) is -1.71. The van der Waals surface area contributed by atoms with E-state index in [1.165, 1.54) is 24.4 Å². The summed E-state index contributed by atoms with van der Waals surface area (Å²) >= 11 is 0. The van der Waals surface area contributed by atoms with Gasteiger partial charge in [0.2, 0.25) is 5.56 Å². The second-order valence-corrected chi connectivity index (χ2v) is 5.68. The fourth-order valence-electron chi connectivity index (χ4n) is 2.91. The molecule has 6 heteroatoms. The molecule has 1 aliphatic heterocycles. The number of hydrogen-bond donors (Lipinski definition) is 1. The molecule has 1 aromatic carbocycles. The van der Waals surface area contributed by atoms with Gasteiger partial charge in [0.1, 0.15) is 0 Å². The first-order valence-corrected chi connectivity index (χ1v) is 7.47. The van der Waals surface area contributed by atoms with Gasteiger partial charge in [0.25, 0.3) is 5.91 Å². The number of benzene rings is 1. The topological polar surface area (TPSA) is 53.2 Å². The SMILES string of the molecule is O=C(c1ccc(=O)[nH]c1)N1CCC(c2ccc(F)c(F)c2)CC1. The van der Waals surface area contributed by atoms with Gasteiger partial charge in [0.05, 0.1) is 5.56 Å². The number of rotatable bonds is 2. The maximum absolute atomic E-state index is 13.3. The second kappa shape index (κ2) is 6.32. The molecule has 23 heavy (non-hydrogen) atoms. The van der Waals surface area contributed by atoms with Crippen LogP contribution in [0.3, 0.4) is 0 Å². The van der Waals surface area contributed by atoms with Gasteiger partial charge in [0, 0.05) is 25.4 Å². The third-order valence-corrected chi connectivity index (χ3v) is 4.23. The first kappa shape index (κ1) is 15.4. The molecule has 3 rings (SSSR count). The average Bonchev–Trinajstić information content (AvgIpc) is 2.57. The van der Waals surface area contributed by atoms with Crippen LogP contribution in [0.1, 0.15) is 34.7 Å². The molecule has 1 aromatic heterocycles. The highest BCUT2D eigenvalue weighted by Gasteiger charge is 2.25. The van der Waals surface area contributed by atoms with Crippen LogP contribution in [0.15, 0.2) is 41.3 Å². The molecule has 0 aliphatic carbocycles. The minimum atomic E-state index is -0.848. The Balaban J connectivity index is 1.66. The molecule has 1 amide bonds. The Hall–Kier alpha value is -2.50. The number of aromatic nitrogens is 1. The quantitative estimate of drug-likeness (QED) is 0.925. The van der Waals surface area contributed by atoms with Crippen LogP contribution >= 0.6 is 0 Å². The molecular formula is C17H16F2N2O2. The van der Waals surface area contributed by atoms with Crippen LogP contribution in [0.5, 0.6) is 0 Å². The molecule has 120 valence electrons. The Morgan fingerprint density at radius 3 is 2.43 bits per heavy atom. The first-order chi connectivity index (χ1) is 11.0. The van der Waals surface area contributed by atoms with Crippen molar-refractivity contribution in [2.45, 2.75) is 18.8 Å². The van der Waals surface area contributed by atoms with Gasteiger partial charge in [-0.15, -0.1) is 0 Å². The van der Waals surface area contributed by atoms with Crippen LogP contribution in [-0.4, -0.2) is 28.9 Å². The predicted molar refractivity (Wildman–Crippen MR) is 81.3 cm³/mol. The largest absolute Gasteiger partial charge is 0.339 e. The van der Waals surface area contributed by atoms with E-state index in [2.05, 4.69) is 4.98 Å². The summed E-state index contributed by atoms with van der Waals surface area (Å²) in [6, 6.07) is 6.80. The van der Waals surface area contributed by atoms with Crippen molar-refractivity contribution in [2.24, 2.45) is 0 Å². The molecule has 0 atom stereocenters. The van der Waals surface area contributed by atoms with E-state index in [0.717, 1.165) is 11.6 Å². The summed E-state index contributed by atoms with van der Waals surface area (Å²) in [6.07, 6.45) is 2.80. The number of pyridine rings is 1. The van der Waals surface area contributed by atoms with Gasteiger partial charge in [0.15, 0.2) is 11.6 Å². The second-order valence-electron chi connectivity index (χ2n) is 5.68. The number of carbonyl (C=O) groups excluding carboxylic acids is 1. The molecule has 0 radical (unpaired) electrons. The van der Waals surface area contributed by atoms with Crippen molar-refractivity contribution < 1.29 is 13.6 Å². The number of nitrogens with zero attached hydrogens (tertiary/aromatic N) is 1. The van der Waals surface area contributed by atoms with Gasteiger partial charge in [-0.05, 0) is 42.5 Å². The minimum absolute atomic E-state index is 0.115. The third kappa shape index (κ3) is 3.31. The maximum atomic E-state index is 13.3. The van der Waals surface area contributed by atoms with E-state index in [-0.39, 0.29) is 17.4 Å². The van der Waals surface area contributed by atoms with E-state index < -0.39 is 11.6 Å². The molecule has 1 fully saturated rings. The summed E-state index contributed by atoms with van der Waals surface area (Å²) in [6.45, 7) is 1.09. The summed E-state index contributed by atoms with van der Waals surface area (Å²) < 4.78 is 26.3. The summed E-state index contributed by atoms with van der Waals surface area (Å²) in [7, 11) is 0. The van der Waals surface area contributed by atoms with Crippen molar-refractivity contribution in [1.82, 2.24) is 9.88 Å². The van der Waals surface area contributed by atoms with Crippen molar-refractivity contribution >= 4 is 5.91 Å². The van der Waals surface area contributed by atoms with E-state index in [1.54, 1.807) is 11.0 Å². The van der Waals surface area contributed by atoms with E-state index in [4.69, 9.17) is 0 Å². The van der Waals surface area contributed by atoms with Crippen molar-refractivity contribution in [3.63, 3.8) is 0 Å². The van der Waals surface area contributed by atoms with E-state index >= 15 is 0 Å². The van der Waals surface area contributed by atoms with E-state index in [0.29, 0.717) is 31.5 Å². The highest BCUT2D eigenvalue weighted by molar-refractivity contribution is 5.93. The maximum Gasteiger partial charge on any atom is 0.255 e. The average molecular weight is 318 g/mol. The molecule has 0 unspecified atom stereocenters. The number of likely N-dealkylation sites (tertiary alicyclic amines) is 1. The number of aromatic amines is 1. The first-order valence-electron chi connectivity index (χ1n) is 7.47. The molecule has 1 saturated heterocycles. The highest BCUT2D eigenvalue weighted by Crippen LogP contribution is 2.29. The number of carbonyl (C=O) groups is 1. The molecular weight excluding hydrogens is 302 g/mol. The smallest absolute Gasteiger partial charge is 0.255 e. The van der Waals surface area contributed by atoms with Crippen molar-refractivity contribution in [3.05, 3.63) is 69.6 Å². The highest BCUT2D eigenvalue weighted by atomic mass is 19.2. The number of nitrogens with one attached hydrogen (secondary N) is 1. The van der Waals surface area contributed by atoms with Gasteiger partial charge in [-0.1, -0.05) is 6.07 Å². The fourth-order valence-corrected chi connectivity index (χ4v) is 2.91. The predicted octanol–water partition coefficient (Wildman–Crippen LogP) is 2.67. The lowest BCUT2D eigenvalue weighted by atomic mass is 9.89. The Morgan fingerprint density at radius 1 is 1.09 bits per heavy atom. The Kier molecular flexibility index (Phi) is 4.23. The molecule has 0 saturated carbocycles. The molecule has 0 bridgehead atoms. The Bertz CT molecular complexity index is 760. The lowest BCUT2D eigenvalue weighted by Gasteiger charge is -2.32. The number of hydrogen-bond acceptors (Lipinski definition) is 2. The molecule has 2 aromatic rings. The van der Waals surface area contributed by atoms with E-state index in [1.807, 2.05) is 0 Å². The lowest BCUT2D eigenvalue weighted by molar-refractivity contribution is 0.0712. The van der Waals surface area contributed by atoms with Crippen LogP contribution in [0, 0.1) is 11.6 Å². The number of piperidine rings is 1. The minimum Gasteiger partial charge on any atom is -0.339 e. The van der Waals surface area contributed by atoms with E-state index in [9.17, 15) is 18.4 Å². The molecule has 1 N–H and O–H groups in total. The Morgan fingerprint density at radius 2 is 1.83 bits per heavy atom. The van der Waals surface area contributed by atoms with Crippen LogP contribution < -0.4 is 5.56 Å². The normalized spacial score (nSPS) is 15.7. The fraction of sp³-hybridized carbons (Fsp3) is 0.294. The van der Waals surface area contributed by atoms with Crippen LogP contribution in [0.25, 0.3) is 0 Å². The summed E-state index contributed by atoms with van der Waals surface area (Å²) in [4.78, 5) is 27.6. The van der Waals surface area contributed by atoms with Crippen LogP contribution in [0.2, 0.25) is 0 Å². The molecule has 2 heterocycles. The van der Waals surface area contributed by atoms with Gasteiger partial charge in [-0.2, -0.15) is 0 Å². The van der Waals surface area contributed by atoms with Crippen LogP contribution in [0.4, 0.5) is 8.78 Å². The zero-order valence-electron chi connectivity index (χ0n) is 12.4. The third-order valence-electron chi connectivity index (χ3n) is 4.23. The number of amides is 1. The zero-order valence-corrected chi connectivity index (χ0v) is 12.4.